The molecule has 0 amide bonds. The third kappa shape index (κ3) is 2.13. The molecule has 0 aliphatic rings. The van der Waals surface area contributed by atoms with Crippen LogP contribution in [-0.2, 0) is 0 Å². The van der Waals surface area contributed by atoms with Crippen LogP contribution in [0.1, 0.15) is 32.9 Å². The zero-order valence-electron chi connectivity index (χ0n) is 10.4. The predicted octanol–water partition coefficient (Wildman–Crippen LogP) is 4.59. The fourth-order valence-corrected chi connectivity index (χ4v) is 2.46. The third-order valence-corrected chi connectivity index (χ3v) is 4.53. The Morgan fingerprint density at radius 3 is 2.44 bits per heavy atom. The molecule has 0 fully saturated rings. The number of H-pyrrole nitrogens is 1. The number of carbonyl (C=O) groups is 1. The number of ketones is 1. The van der Waals surface area contributed by atoms with Crippen molar-refractivity contribution in [1.29, 1.82) is 0 Å². The van der Waals surface area contributed by atoms with Crippen molar-refractivity contribution in [3.8, 4) is 0 Å². The number of hydrogen-bond acceptors (Lipinski definition) is 1. The summed E-state index contributed by atoms with van der Waals surface area (Å²) < 4.78 is 0.729. The van der Waals surface area contributed by atoms with E-state index in [1.54, 1.807) is 12.1 Å². The molecule has 0 saturated heterocycles. The number of hydrogen-bond donors (Lipinski definition) is 1. The molecule has 0 unspecified atom stereocenters. The number of aromatic nitrogens is 1. The van der Waals surface area contributed by atoms with Crippen LogP contribution >= 0.6 is 27.5 Å². The van der Waals surface area contributed by atoms with Gasteiger partial charge in [0.05, 0.1) is 10.7 Å². The number of aromatic amines is 1. The zero-order valence-corrected chi connectivity index (χ0v) is 12.7. The van der Waals surface area contributed by atoms with E-state index < -0.39 is 0 Å². The first-order valence-electron chi connectivity index (χ1n) is 5.58. The molecule has 2 rings (SSSR count). The van der Waals surface area contributed by atoms with Gasteiger partial charge in [-0.3, -0.25) is 4.79 Å². The van der Waals surface area contributed by atoms with Crippen molar-refractivity contribution in [2.45, 2.75) is 20.8 Å². The van der Waals surface area contributed by atoms with Crippen molar-refractivity contribution in [1.82, 2.24) is 4.98 Å². The van der Waals surface area contributed by atoms with Crippen molar-refractivity contribution < 1.29 is 4.79 Å². The van der Waals surface area contributed by atoms with Crippen LogP contribution in [0.3, 0.4) is 0 Å². The molecule has 0 aliphatic carbocycles. The van der Waals surface area contributed by atoms with E-state index in [1.807, 2.05) is 26.8 Å². The summed E-state index contributed by atoms with van der Waals surface area (Å²) in [5.41, 5.74) is 4.24. The van der Waals surface area contributed by atoms with Crippen LogP contribution < -0.4 is 0 Å². The fourth-order valence-electron chi connectivity index (χ4n) is 1.88. The molecule has 1 N–H and O–H groups in total. The van der Waals surface area contributed by atoms with Crippen LogP contribution in [-0.4, -0.2) is 10.8 Å². The average Bonchev–Trinajstić information content (AvgIpc) is 2.60. The van der Waals surface area contributed by atoms with Crippen molar-refractivity contribution in [2.24, 2.45) is 0 Å². The van der Waals surface area contributed by atoms with Gasteiger partial charge in [-0.2, -0.15) is 0 Å². The maximum absolute atomic E-state index is 12.5. The van der Waals surface area contributed by atoms with Crippen LogP contribution in [0.25, 0.3) is 0 Å². The molecule has 0 atom stereocenters. The first kappa shape index (κ1) is 13.4. The first-order valence-corrected chi connectivity index (χ1v) is 6.75. The Bertz CT molecular complexity index is 631. The highest BCUT2D eigenvalue weighted by Gasteiger charge is 2.19. The summed E-state index contributed by atoms with van der Waals surface area (Å²) in [5, 5.41) is 0.451. The van der Waals surface area contributed by atoms with Gasteiger partial charge in [0.1, 0.15) is 0 Å². The standard InChI is InChI=1S/C14H13BrClNO/c1-7-8(2)13(17-9(7)3)14(18)10-5-4-6-11(15)12(10)16/h4-6,17H,1-3H3. The summed E-state index contributed by atoms with van der Waals surface area (Å²) in [6, 6.07) is 5.36. The number of carbonyl (C=O) groups excluding carboxylic acids is 1. The van der Waals surface area contributed by atoms with E-state index in [4.69, 9.17) is 11.6 Å². The Morgan fingerprint density at radius 2 is 1.89 bits per heavy atom. The van der Waals surface area contributed by atoms with Gasteiger partial charge in [-0.1, -0.05) is 17.7 Å². The van der Waals surface area contributed by atoms with E-state index in [2.05, 4.69) is 20.9 Å². The average molecular weight is 327 g/mol. The van der Waals surface area contributed by atoms with E-state index in [0.717, 1.165) is 21.3 Å². The maximum Gasteiger partial charge on any atom is 0.210 e. The highest BCUT2D eigenvalue weighted by atomic mass is 79.9. The molecule has 4 heteroatoms. The van der Waals surface area contributed by atoms with Crippen LogP contribution in [0.15, 0.2) is 22.7 Å². The summed E-state index contributed by atoms with van der Waals surface area (Å²) in [5.74, 6) is -0.0741. The van der Waals surface area contributed by atoms with E-state index in [0.29, 0.717) is 16.3 Å². The molecule has 18 heavy (non-hydrogen) atoms. The number of halogens is 2. The first-order chi connectivity index (χ1) is 8.43. The summed E-state index contributed by atoms with van der Waals surface area (Å²) in [6.07, 6.45) is 0. The maximum atomic E-state index is 12.5. The second kappa shape index (κ2) is 4.90. The molecule has 1 aromatic heterocycles. The Morgan fingerprint density at radius 1 is 1.22 bits per heavy atom. The molecule has 0 aliphatic heterocycles. The van der Waals surface area contributed by atoms with Gasteiger partial charge in [-0.15, -0.1) is 0 Å². The van der Waals surface area contributed by atoms with E-state index in [-0.39, 0.29) is 5.78 Å². The number of rotatable bonds is 2. The molecule has 1 aromatic carbocycles. The number of benzene rings is 1. The summed E-state index contributed by atoms with van der Waals surface area (Å²) >= 11 is 9.49. The van der Waals surface area contributed by atoms with Gasteiger partial charge in [0.2, 0.25) is 5.78 Å². The highest BCUT2D eigenvalue weighted by molar-refractivity contribution is 9.10. The van der Waals surface area contributed by atoms with Gasteiger partial charge < -0.3 is 4.98 Å². The molecule has 0 saturated carbocycles. The number of aryl methyl sites for hydroxylation is 1. The van der Waals surface area contributed by atoms with Gasteiger partial charge in [0.15, 0.2) is 0 Å². The zero-order chi connectivity index (χ0) is 13.4. The molecule has 2 aromatic rings. The Balaban J connectivity index is 2.55. The lowest BCUT2D eigenvalue weighted by Crippen LogP contribution is -2.05. The third-order valence-electron chi connectivity index (χ3n) is 3.24. The van der Waals surface area contributed by atoms with Crippen molar-refractivity contribution in [3.05, 3.63) is 55.8 Å². The van der Waals surface area contributed by atoms with E-state index in [1.165, 1.54) is 0 Å². The van der Waals surface area contributed by atoms with Crippen LogP contribution in [0.2, 0.25) is 5.02 Å². The SMILES string of the molecule is Cc1[nH]c(C(=O)c2cccc(Br)c2Cl)c(C)c1C. The number of nitrogens with one attached hydrogen (secondary N) is 1. The molecule has 0 radical (unpaired) electrons. The topological polar surface area (TPSA) is 32.9 Å². The van der Waals surface area contributed by atoms with Crippen LogP contribution in [0, 0.1) is 20.8 Å². The molecule has 2 nitrogen and oxygen atoms in total. The van der Waals surface area contributed by atoms with Gasteiger partial charge >= 0.3 is 0 Å². The molecular weight excluding hydrogens is 314 g/mol. The van der Waals surface area contributed by atoms with Crippen molar-refractivity contribution in [2.75, 3.05) is 0 Å². The van der Waals surface area contributed by atoms with Gasteiger partial charge in [0.25, 0.3) is 0 Å². The minimum Gasteiger partial charge on any atom is -0.356 e. The summed E-state index contributed by atoms with van der Waals surface area (Å²) in [4.78, 5) is 15.6. The monoisotopic (exact) mass is 325 g/mol. The highest BCUT2D eigenvalue weighted by Crippen LogP contribution is 2.29. The van der Waals surface area contributed by atoms with Crippen molar-refractivity contribution >= 4 is 33.3 Å². The van der Waals surface area contributed by atoms with Gasteiger partial charge in [-0.05, 0) is 60.0 Å². The Kier molecular flexibility index (Phi) is 3.64. The smallest absolute Gasteiger partial charge is 0.210 e. The molecule has 1 heterocycles. The summed E-state index contributed by atoms with van der Waals surface area (Å²) in [7, 11) is 0. The molecule has 0 spiro atoms. The molecular formula is C14H13BrClNO. The van der Waals surface area contributed by atoms with Crippen LogP contribution in [0.4, 0.5) is 0 Å². The summed E-state index contributed by atoms with van der Waals surface area (Å²) in [6.45, 7) is 5.90. The van der Waals surface area contributed by atoms with Gasteiger partial charge in [0, 0.05) is 15.7 Å². The van der Waals surface area contributed by atoms with E-state index >= 15 is 0 Å². The second-order valence-corrected chi connectivity index (χ2v) is 5.54. The lowest BCUT2D eigenvalue weighted by molar-refractivity contribution is 0.103. The minimum absolute atomic E-state index is 0.0741. The molecule has 0 bridgehead atoms. The quantitative estimate of drug-likeness (QED) is 0.805. The van der Waals surface area contributed by atoms with E-state index in [9.17, 15) is 4.79 Å². The largest absolute Gasteiger partial charge is 0.356 e. The van der Waals surface area contributed by atoms with Gasteiger partial charge in [-0.25, -0.2) is 0 Å². The molecule has 94 valence electrons. The van der Waals surface area contributed by atoms with Crippen LogP contribution in [0.5, 0.6) is 0 Å². The fraction of sp³-hybridized carbons (Fsp3) is 0.214. The second-order valence-electron chi connectivity index (χ2n) is 4.31. The Labute approximate surface area is 119 Å². The predicted molar refractivity (Wildman–Crippen MR) is 77.6 cm³/mol. The Hall–Kier alpha value is -1.06. The van der Waals surface area contributed by atoms with Crippen molar-refractivity contribution in [3.63, 3.8) is 0 Å². The normalized spacial score (nSPS) is 10.7. The lowest BCUT2D eigenvalue weighted by Gasteiger charge is -2.05. The lowest BCUT2D eigenvalue weighted by atomic mass is 10.0. The minimum atomic E-state index is -0.0741.